The predicted molar refractivity (Wildman–Crippen MR) is 139 cm³/mol. The molecule has 4 amide bonds. The SMILES string of the molecule is CCS(=O)(=O)Nc1ccc(NC(=O)c2cc(N3CCC(=O)N(C)C3=O)cc(C(C)(C)C)c2OC)cc1. The third-order valence-electron chi connectivity index (χ3n) is 5.88. The van der Waals surface area contributed by atoms with Crippen molar-refractivity contribution in [2.75, 3.05) is 41.4 Å². The summed E-state index contributed by atoms with van der Waals surface area (Å²) in [6.45, 7) is 7.66. The fourth-order valence-electron chi connectivity index (χ4n) is 3.78. The Kier molecular flexibility index (Phi) is 7.63. The Hall–Kier alpha value is -3.60. The van der Waals surface area contributed by atoms with E-state index in [-0.39, 0.29) is 30.2 Å². The van der Waals surface area contributed by atoms with E-state index in [1.165, 1.54) is 26.0 Å². The van der Waals surface area contributed by atoms with Gasteiger partial charge in [0.1, 0.15) is 5.75 Å². The van der Waals surface area contributed by atoms with E-state index in [0.29, 0.717) is 22.8 Å². The van der Waals surface area contributed by atoms with Gasteiger partial charge in [-0.05, 0) is 48.7 Å². The Morgan fingerprint density at radius 3 is 2.25 bits per heavy atom. The van der Waals surface area contributed by atoms with Crippen LogP contribution in [0, 0.1) is 0 Å². The summed E-state index contributed by atoms with van der Waals surface area (Å²) in [4.78, 5) is 40.7. The predicted octanol–water partition coefficient (Wildman–Crippen LogP) is 3.80. The van der Waals surface area contributed by atoms with Gasteiger partial charge in [0, 0.05) is 42.6 Å². The number of imide groups is 1. The van der Waals surface area contributed by atoms with Crippen LogP contribution in [0.5, 0.6) is 5.75 Å². The third-order valence-corrected chi connectivity index (χ3v) is 7.19. The van der Waals surface area contributed by atoms with Crippen molar-refractivity contribution in [3.63, 3.8) is 0 Å². The van der Waals surface area contributed by atoms with Gasteiger partial charge in [-0.25, -0.2) is 13.2 Å². The van der Waals surface area contributed by atoms with E-state index in [1.54, 1.807) is 30.3 Å². The average Bonchev–Trinajstić information content (AvgIpc) is 2.82. The number of sulfonamides is 1. The summed E-state index contributed by atoms with van der Waals surface area (Å²) in [6, 6.07) is 9.20. The van der Waals surface area contributed by atoms with Crippen molar-refractivity contribution in [3.8, 4) is 5.75 Å². The fourth-order valence-corrected chi connectivity index (χ4v) is 4.42. The lowest BCUT2D eigenvalue weighted by Crippen LogP contribution is -2.50. The highest BCUT2D eigenvalue weighted by atomic mass is 32.2. The highest BCUT2D eigenvalue weighted by Gasteiger charge is 2.33. The maximum atomic E-state index is 13.4. The Bertz CT molecular complexity index is 1280. The molecule has 1 fully saturated rings. The Morgan fingerprint density at radius 2 is 1.69 bits per heavy atom. The standard InChI is InChI=1S/C25H32N4O6S/c1-7-36(33,34)27-17-10-8-16(9-11-17)26-23(31)19-14-18(15-20(22(19)35-6)25(2,3)4)29-13-12-21(30)28(5)24(29)32/h8-11,14-15,27H,7,12-13H2,1-6H3,(H,26,31). The summed E-state index contributed by atoms with van der Waals surface area (Å²) in [7, 11) is -0.503. The third kappa shape index (κ3) is 5.78. The van der Waals surface area contributed by atoms with Crippen molar-refractivity contribution < 1.29 is 27.5 Å². The normalized spacial score (nSPS) is 14.6. The van der Waals surface area contributed by atoms with E-state index in [9.17, 15) is 22.8 Å². The van der Waals surface area contributed by atoms with Crippen LogP contribution in [0.1, 0.15) is 50.0 Å². The number of methoxy groups -OCH3 is 1. The van der Waals surface area contributed by atoms with E-state index in [0.717, 1.165) is 10.5 Å². The number of carbonyl (C=O) groups excluding carboxylic acids is 3. The molecule has 0 aliphatic carbocycles. The molecule has 0 atom stereocenters. The molecule has 3 rings (SSSR count). The fraction of sp³-hybridized carbons (Fsp3) is 0.400. The summed E-state index contributed by atoms with van der Waals surface area (Å²) in [5.41, 5.74) is 1.84. The van der Waals surface area contributed by atoms with Crippen LogP contribution in [0.25, 0.3) is 0 Å². The van der Waals surface area contributed by atoms with Crippen LogP contribution >= 0.6 is 0 Å². The Morgan fingerprint density at radius 1 is 1.08 bits per heavy atom. The molecule has 1 aliphatic rings. The minimum absolute atomic E-state index is 0.0544. The summed E-state index contributed by atoms with van der Waals surface area (Å²) < 4.78 is 31.7. The number of anilines is 3. The zero-order chi connectivity index (χ0) is 26.8. The van der Waals surface area contributed by atoms with Crippen molar-refractivity contribution >= 4 is 44.9 Å². The largest absolute Gasteiger partial charge is 0.496 e. The number of hydrogen-bond donors (Lipinski definition) is 2. The quantitative estimate of drug-likeness (QED) is 0.577. The second-order valence-electron chi connectivity index (χ2n) is 9.50. The van der Waals surface area contributed by atoms with Gasteiger partial charge in [-0.3, -0.25) is 24.1 Å². The topological polar surface area (TPSA) is 125 Å². The summed E-state index contributed by atoms with van der Waals surface area (Å²) >= 11 is 0. The lowest BCUT2D eigenvalue weighted by molar-refractivity contribution is -0.127. The number of urea groups is 1. The van der Waals surface area contributed by atoms with Crippen molar-refractivity contribution in [3.05, 3.63) is 47.5 Å². The molecule has 2 N–H and O–H groups in total. The number of benzene rings is 2. The van der Waals surface area contributed by atoms with Gasteiger partial charge in [0.15, 0.2) is 0 Å². The van der Waals surface area contributed by atoms with Crippen LogP contribution in [-0.4, -0.2) is 57.6 Å². The first kappa shape index (κ1) is 27.0. The van der Waals surface area contributed by atoms with Gasteiger partial charge >= 0.3 is 6.03 Å². The second kappa shape index (κ2) is 10.2. The number of nitrogens with zero attached hydrogens (tertiary/aromatic N) is 2. The number of hydrogen-bond acceptors (Lipinski definition) is 6. The molecule has 2 aromatic carbocycles. The molecule has 0 bridgehead atoms. The molecule has 10 nitrogen and oxygen atoms in total. The van der Waals surface area contributed by atoms with Gasteiger partial charge in [-0.2, -0.15) is 0 Å². The molecule has 36 heavy (non-hydrogen) atoms. The minimum Gasteiger partial charge on any atom is -0.496 e. The van der Waals surface area contributed by atoms with E-state index in [1.807, 2.05) is 26.8 Å². The zero-order valence-corrected chi connectivity index (χ0v) is 22.2. The number of carbonyl (C=O) groups is 3. The highest BCUT2D eigenvalue weighted by molar-refractivity contribution is 7.92. The van der Waals surface area contributed by atoms with E-state index >= 15 is 0 Å². The molecular formula is C25H32N4O6S. The molecule has 0 radical (unpaired) electrons. The van der Waals surface area contributed by atoms with Gasteiger partial charge in [-0.15, -0.1) is 0 Å². The van der Waals surface area contributed by atoms with Gasteiger partial charge in [-0.1, -0.05) is 20.8 Å². The van der Waals surface area contributed by atoms with Gasteiger partial charge in [0.25, 0.3) is 5.91 Å². The molecule has 11 heteroatoms. The van der Waals surface area contributed by atoms with Crippen molar-refractivity contribution in [2.45, 2.75) is 39.5 Å². The molecule has 194 valence electrons. The lowest BCUT2D eigenvalue weighted by atomic mass is 9.84. The monoisotopic (exact) mass is 516 g/mol. The van der Waals surface area contributed by atoms with E-state index < -0.39 is 27.4 Å². The van der Waals surface area contributed by atoms with Crippen LogP contribution in [0.15, 0.2) is 36.4 Å². The van der Waals surface area contributed by atoms with Crippen molar-refractivity contribution in [2.24, 2.45) is 0 Å². The molecule has 1 aliphatic heterocycles. The van der Waals surface area contributed by atoms with E-state index in [2.05, 4.69) is 10.0 Å². The number of ether oxygens (including phenoxy) is 1. The number of rotatable bonds is 7. The van der Waals surface area contributed by atoms with Crippen molar-refractivity contribution in [1.29, 1.82) is 0 Å². The maximum absolute atomic E-state index is 13.4. The first-order valence-corrected chi connectivity index (χ1v) is 13.1. The van der Waals surface area contributed by atoms with Crippen LogP contribution < -0.4 is 19.7 Å². The second-order valence-corrected chi connectivity index (χ2v) is 11.5. The summed E-state index contributed by atoms with van der Waals surface area (Å²) in [5.74, 6) is -0.398. The maximum Gasteiger partial charge on any atom is 0.330 e. The molecular weight excluding hydrogens is 484 g/mol. The van der Waals surface area contributed by atoms with Crippen molar-refractivity contribution in [1.82, 2.24) is 4.90 Å². The first-order valence-electron chi connectivity index (χ1n) is 11.5. The average molecular weight is 517 g/mol. The molecule has 0 saturated carbocycles. The number of amides is 4. The van der Waals surface area contributed by atoms with Crippen LogP contribution in [-0.2, 0) is 20.2 Å². The molecule has 0 unspecified atom stereocenters. The minimum atomic E-state index is -3.42. The number of nitrogens with one attached hydrogen (secondary N) is 2. The lowest BCUT2D eigenvalue weighted by Gasteiger charge is -2.33. The zero-order valence-electron chi connectivity index (χ0n) is 21.3. The molecule has 2 aromatic rings. The Labute approximate surface area is 211 Å². The van der Waals surface area contributed by atoms with Gasteiger partial charge in [0.05, 0.1) is 18.4 Å². The molecule has 1 heterocycles. The van der Waals surface area contributed by atoms with Crippen LogP contribution in [0.3, 0.4) is 0 Å². The molecule has 1 saturated heterocycles. The highest BCUT2D eigenvalue weighted by Crippen LogP contribution is 2.39. The Balaban J connectivity index is 1.99. The smallest absolute Gasteiger partial charge is 0.330 e. The molecule has 0 aromatic heterocycles. The first-order chi connectivity index (χ1) is 16.8. The summed E-state index contributed by atoms with van der Waals surface area (Å²) in [6.07, 6.45) is 0.175. The van der Waals surface area contributed by atoms with Gasteiger partial charge < -0.3 is 10.1 Å². The van der Waals surface area contributed by atoms with Gasteiger partial charge in [0.2, 0.25) is 15.9 Å². The molecule has 0 spiro atoms. The van der Waals surface area contributed by atoms with E-state index in [4.69, 9.17) is 4.74 Å². The summed E-state index contributed by atoms with van der Waals surface area (Å²) in [5, 5.41) is 2.81. The van der Waals surface area contributed by atoms with Crippen LogP contribution in [0.4, 0.5) is 21.9 Å². The van der Waals surface area contributed by atoms with Crippen LogP contribution in [0.2, 0.25) is 0 Å².